The molecule has 4 rings (SSSR count). The molecule has 0 radical (unpaired) electrons. The van der Waals surface area contributed by atoms with Gasteiger partial charge in [-0.05, 0) is 61.7 Å². The van der Waals surface area contributed by atoms with Gasteiger partial charge in [-0.25, -0.2) is 8.42 Å². The Kier molecular flexibility index (Phi) is 11.1. The fourth-order valence-corrected chi connectivity index (χ4v) is 6.77. The Balaban J connectivity index is 1.72. The van der Waals surface area contributed by atoms with Crippen LogP contribution in [0.1, 0.15) is 44.6 Å². The molecule has 0 bridgehead atoms. The van der Waals surface area contributed by atoms with E-state index in [1.807, 2.05) is 6.07 Å². The Labute approximate surface area is 260 Å². The first-order valence-electron chi connectivity index (χ1n) is 14.7. The van der Waals surface area contributed by atoms with Crippen LogP contribution in [0.2, 0.25) is 0 Å². The van der Waals surface area contributed by atoms with Crippen molar-refractivity contribution < 1.29 is 32.2 Å². The molecule has 0 heterocycles. The SMILES string of the molecule is COc1cccc(CN(C(=O)CN(c2ccc(OC)c(OC)c2)S(=O)(=O)c2ccccc2)C(C)C(=O)NC2CCCCC2)c1. The smallest absolute Gasteiger partial charge is 0.264 e. The summed E-state index contributed by atoms with van der Waals surface area (Å²) in [7, 11) is 0.274. The normalized spacial score (nSPS) is 14.3. The van der Waals surface area contributed by atoms with Gasteiger partial charge in [0.05, 0.1) is 31.9 Å². The van der Waals surface area contributed by atoms with Crippen LogP contribution in [0.25, 0.3) is 0 Å². The Bertz CT molecular complexity index is 1530. The van der Waals surface area contributed by atoms with E-state index < -0.39 is 28.5 Å². The second-order valence-corrected chi connectivity index (χ2v) is 12.6. The van der Waals surface area contributed by atoms with Gasteiger partial charge in [0.25, 0.3) is 10.0 Å². The average molecular weight is 624 g/mol. The second-order valence-electron chi connectivity index (χ2n) is 10.8. The molecule has 1 atom stereocenters. The van der Waals surface area contributed by atoms with Gasteiger partial charge in [-0.15, -0.1) is 0 Å². The Morgan fingerprint density at radius 1 is 0.864 bits per heavy atom. The highest BCUT2D eigenvalue weighted by molar-refractivity contribution is 7.92. The lowest BCUT2D eigenvalue weighted by Gasteiger charge is -2.33. The number of benzene rings is 3. The molecule has 1 aliphatic carbocycles. The number of hydrogen-bond donors (Lipinski definition) is 1. The minimum atomic E-state index is -4.21. The number of amides is 2. The summed E-state index contributed by atoms with van der Waals surface area (Å²) in [6, 6.07) is 19.0. The molecular weight excluding hydrogens is 582 g/mol. The number of nitrogens with one attached hydrogen (secondary N) is 1. The van der Waals surface area contributed by atoms with Crippen LogP contribution in [0.4, 0.5) is 5.69 Å². The number of rotatable bonds is 13. The molecule has 1 N–H and O–H groups in total. The maximum atomic E-state index is 14.2. The number of sulfonamides is 1. The molecule has 1 aliphatic rings. The third-order valence-corrected chi connectivity index (χ3v) is 9.66. The number of carbonyl (C=O) groups is 2. The number of ether oxygens (including phenoxy) is 3. The van der Waals surface area contributed by atoms with Crippen molar-refractivity contribution in [3.8, 4) is 17.2 Å². The van der Waals surface area contributed by atoms with Crippen molar-refractivity contribution in [2.24, 2.45) is 0 Å². The molecule has 44 heavy (non-hydrogen) atoms. The molecule has 0 aliphatic heterocycles. The molecule has 2 amide bonds. The van der Waals surface area contributed by atoms with E-state index in [0.717, 1.165) is 42.0 Å². The molecule has 11 heteroatoms. The number of methoxy groups -OCH3 is 3. The number of hydrogen-bond acceptors (Lipinski definition) is 7. The minimum absolute atomic E-state index is 0.0185. The lowest BCUT2D eigenvalue weighted by Crippen LogP contribution is -2.53. The summed E-state index contributed by atoms with van der Waals surface area (Å²) in [5, 5.41) is 3.11. The van der Waals surface area contributed by atoms with E-state index in [1.54, 1.807) is 62.6 Å². The van der Waals surface area contributed by atoms with E-state index >= 15 is 0 Å². The fraction of sp³-hybridized carbons (Fsp3) is 0.394. The molecule has 10 nitrogen and oxygen atoms in total. The van der Waals surface area contributed by atoms with Crippen LogP contribution in [-0.4, -0.2) is 65.1 Å². The van der Waals surface area contributed by atoms with Crippen molar-refractivity contribution in [3.05, 3.63) is 78.4 Å². The predicted molar refractivity (Wildman–Crippen MR) is 169 cm³/mol. The van der Waals surface area contributed by atoms with Crippen molar-refractivity contribution in [1.82, 2.24) is 10.2 Å². The van der Waals surface area contributed by atoms with Gasteiger partial charge in [0.1, 0.15) is 18.3 Å². The van der Waals surface area contributed by atoms with Crippen LogP contribution >= 0.6 is 0 Å². The predicted octanol–water partition coefficient (Wildman–Crippen LogP) is 4.77. The fourth-order valence-electron chi connectivity index (χ4n) is 5.35. The van der Waals surface area contributed by atoms with E-state index in [2.05, 4.69) is 5.32 Å². The second kappa shape index (κ2) is 15.0. The van der Waals surface area contributed by atoms with Crippen molar-refractivity contribution in [2.75, 3.05) is 32.2 Å². The summed E-state index contributed by atoms with van der Waals surface area (Å²) in [6.45, 7) is 1.18. The van der Waals surface area contributed by atoms with E-state index in [-0.39, 0.29) is 29.1 Å². The molecule has 1 unspecified atom stereocenters. The topological polar surface area (TPSA) is 114 Å². The first kappa shape index (κ1) is 32.7. The molecule has 0 saturated heterocycles. The molecule has 1 saturated carbocycles. The van der Waals surface area contributed by atoms with E-state index in [1.165, 1.54) is 37.3 Å². The van der Waals surface area contributed by atoms with Gasteiger partial charge >= 0.3 is 0 Å². The summed E-state index contributed by atoms with van der Waals surface area (Å²) in [5.74, 6) is 0.490. The van der Waals surface area contributed by atoms with Crippen LogP contribution in [0.3, 0.4) is 0 Å². The summed E-state index contributed by atoms with van der Waals surface area (Å²) in [6.07, 6.45) is 5.02. The molecule has 0 spiro atoms. The van der Waals surface area contributed by atoms with Crippen LogP contribution in [-0.2, 0) is 26.2 Å². The highest BCUT2D eigenvalue weighted by Crippen LogP contribution is 2.34. The highest BCUT2D eigenvalue weighted by Gasteiger charge is 2.33. The zero-order valence-corrected chi connectivity index (χ0v) is 26.5. The van der Waals surface area contributed by atoms with Gasteiger partial charge in [0, 0.05) is 18.7 Å². The van der Waals surface area contributed by atoms with Crippen LogP contribution < -0.4 is 23.8 Å². The number of nitrogens with zero attached hydrogens (tertiary/aromatic N) is 2. The zero-order chi connectivity index (χ0) is 31.7. The maximum Gasteiger partial charge on any atom is 0.264 e. The standard InChI is InChI=1S/C33H41N3O7S/c1-24(33(38)34-26-13-7-5-8-14-26)35(22-25-12-11-15-28(20-25)41-2)32(37)23-36(44(39,40)29-16-9-6-10-17-29)27-18-19-30(42-3)31(21-27)43-4/h6,9-12,15-21,24,26H,5,7-8,13-14,22-23H2,1-4H3,(H,34,38). The zero-order valence-electron chi connectivity index (χ0n) is 25.7. The molecule has 3 aromatic carbocycles. The monoisotopic (exact) mass is 623 g/mol. The lowest BCUT2D eigenvalue weighted by atomic mass is 9.95. The van der Waals surface area contributed by atoms with E-state index in [0.29, 0.717) is 17.2 Å². The molecule has 3 aromatic rings. The van der Waals surface area contributed by atoms with Gasteiger partial charge in [-0.3, -0.25) is 13.9 Å². The van der Waals surface area contributed by atoms with Crippen molar-refractivity contribution >= 4 is 27.5 Å². The molecule has 1 fully saturated rings. The Morgan fingerprint density at radius 2 is 1.57 bits per heavy atom. The van der Waals surface area contributed by atoms with Crippen molar-refractivity contribution in [2.45, 2.75) is 62.6 Å². The van der Waals surface area contributed by atoms with Gasteiger partial charge in [0.2, 0.25) is 11.8 Å². The largest absolute Gasteiger partial charge is 0.497 e. The van der Waals surface area contributed by atoms with E-state index in [4.69, 9.17) is 14.2 Å². The van der Waals surface area contributed by atoms with Crippen molar-refractivity contribution in [3.63, 3.8) is 0 Å². The summed E-state index contributed by atoms with van der Waals surface area (Å²) < 4.78 is 45.3. The van der Waals surface area contributed by atoms with Crippen LogP contribution in [0, 0.1) is 0 Å². The Morgan fingerprint density at radius 3 is 2.23 bits per heavy atom. The van der Waals surface area contributed by atoms with Gasteiger partial charge in [-0.2, -0.15) is 0 Å². The summed E-state index contributed by atoms with van der Waals surface area (Å²) >= 11 is 0. The third-order valence-electron chi connectivity index (χ3n) is 7.87. The Hall–Kier alpha value is -4.25. The van der Waals surface area contributed by atoms with Gasteiger partial charge in [0.15, 0.2) is 11.5 Å². The van der Waals surface area contributed by atoms with Crippen LogP contribution in [0.5, 0.6) is 17.2 Å². The third kappa shape index (κ3) is 7.82. The number of carbonyl (C=O) groups excluding carboxylic acids is 2. The first-order chi connectivity index (χ1) is 21.2. The van der Waals surface area contributed by atoms with Gasteiger partial charge < -0.3 is 24.4 Å². The van der Waals surface area contributed by atoms with Crippen LogP contribution in [0.15, 0.2) is 77.7 Å². The summed E-state index contributed by atoms with van der Waals surface area (Å²) in [5.41, 5.74) is 0.944. The van der Waals surface area contributed by atoms with Gasteiger partial charge in [-0.1, -0.05) is 49.6 Å². The quantitative estimate of drug-likeness (QED) is 0.292. The maximum absolute atomic E-state index is 14.2. The number of anilines is 1. The van der Waals surface area contributed by atoms with E-state index in [9.17, 15) is 18.0 Å². The molecule has 236 valence electrons. The summed E-state index contributed by atoms with van der Waals surface area (Å²) in [4.78, 5) is 29.2. The minimum Gasteiger partial charge on any atom is -0.497 e. The first-order valence-corrected chi connectivity index (χ1v) is 16.1. The molecule has 0 aromatic heterocycles. The lowest BCUT2D eigenvalue weighted by molar-refractivity contribution is -0.139. The molecular formula is C33H41N3O7S. The average Bonchev–Trinajstić information content (AvgIpc) is 3.06. The van der Waals surface area contributed by atoms with Crippen molar-refractivity contribution in [1.29, 1.82) is 0 Å². The highest BCUT2D eigenvalue weighted by atomic mass is 32.2.